The number of hydrogen-bond acceptors (Lipinski definition) is 4. The molecule has 2 aliphatic heterocycles. The van der Waals surface area contributed by atoms with Crippen LogP contribution in [0.1, 0.15) is 20.2 Å². The van der Waals surface area contributed by atoms with Crippen LogP contribution in [0.3, 0.4) is 0 Å². The number of likely N-dealkylation sites (N-methyl/N-ethyl adjacent to an activating group) is 2. The molecular weight excluding hydrogens is 488 g/mol. The van der Waals surface area contributed by atoms with Gasteiger partial charge in [0.25, 0.3) is 11.8 Å². The number of benzene rings is 1. The lowest BCUT2D eigenvalue weighted by atomic mass is 10.1. The van der Waals surface area contributed by atoms with Gasteiger partial charge in [-0.1, -0.05) is 0 Å². The molecule has 0 spiro atoms. The lowest BCUT2D eigenvalue weighted by Gasteiger charge is -2.18. The minimum Gasteiger partial charge on any atom is -0.309 e. The first kappa shape index (κ1) is 22.5. The van der Waals surface area contributed by atoms with Gasteiger partial charge < -0.3 is 9.80 Å². The highest BCUT2D eigenvalue weighted by atomic mass is 32.1. The molecule has 0 fully saturated rings. The van der Waals surface area contributed by atoms with Crippen molar-refractivity contribution in [3.05, 3.63) is 78.9 Å². The van der Waals surface area contributed by atoms with E-state index < -0.39 is 34.4 Å². The van der Waals surface area contributed by atoms with E-state index in [0.717, 1.165) is 28.0 Å². The summed E-state index contributed by atoms with van der Waals surface area (Å²) in [6, 6.07) is 6.53. The normalized spacial score (nSPS) is 16.0. The van der Waals surface area contributed by atoms with Gasteiger partial charge in [0, 0.05) is 29.4 Å². The summed E-state index contributed by atoms with van der Waals surface area (Å²) in [5, 5.41) is 0. The third-order valence-electron chi connectivity index (χ3n) is 5.97. The van der Waals surface area contributed by atoms with E-state index in [1.54, 1.807) is 7.05 Å². The Morgan fingerprint density at radius 1 is 0.647 bits per heavy atom. The van der Waals surface area contributed by atoms with Crippen LogP contribution in [-0.2, 0) is 9.59 Å². The van der Waals surface area contributed by atoms with Crippen LogP contribution in [0.15, 0.2) is 35.4 Å². The first-order valence-corrected chi connectivity index (χ1v) is 11.7. The molecule has 10 heteroatoms. The third kappa shape index (κ3) is 2.94. The standard InChI is InChI=1S/C24H16F4N2O2S2/c1-9-5-6-12(33-9)21-15-16(24(32)29(21)3)22(30(4)23(15)31)13-8-7-11(34-13)14-19(27)17(25)10(2)18(26)20(14)28/h5-8H,1-4H3. The minimum atomic E-state index is -1.49. The molecule has 0 saturated heterocycles. The highest BCUT2D eigenvalue weighted by Crippen LogP contribution is 2.48. The number of nitrogens with zero attached hydrogens (tertiary/aromatic N) is 2. The van der Waals surface area contributed by atoms with Gasteiger partial charge in [-0.15, -0.1) is 22.7 Å². The van der Waals surface area contributed by atoms with Crippen molar-refractivity contribution >= 4 is 45.9 Å². The number of halogens is 4. The van der Waals surface area contributed by atoms with E-state index in [-0.39, 0.29) is 33.5 Å². The summed E-state index contributed by atoms with van der Waals surface area (Å²) in [6.07, 6.45) is 0. The maximum Gasteiger partial charge on any atom is 0.261 e. The zero-order valence-electron chi connectivity index (χ0n) is 18.3. The predicted octanol–water partition coefficient (Wildman–Crippen LogP) is 5.72. The summed E-state index contributed by atoms with van der Waals surface area (Å²) in [7, 11) is 3.09. The van der Waals surface area contributed by atoms with E-state index >= 15 is 0 Å². The molecule has 5 rings (SSSR count). The second-order valence-electron chi connectivity index (χ2n) is 8.01. The van der Waals surface area contributed by atoms with E-state index in [1.807, 2.05) is 19.1 Å². The van der Waals surface area contributed by atoms with E-state index in [0.29, 0.717) is 10.6 Å². The fourth-order valence-electron chi connectivity index (χ4n) is 4.22. The molecule has 174 valence electrons. The highest BCUT2D eigenvalue weighted by Gasteiger charge is 2.47. The average molecular weight is 505 g/mol. The summed E-state index contributed by atoms with van der Waals surface area (Å²) in [5.41, 5.74) is -0.341. The largest absolute Gasteiger partial charge is 0.309 e. The number of amides is 2. The molecule has 0 N–H and O–H groups in total. The molecule has 0 radical (unpaired) electrons. The van der Waals surface area contributed by atoms with Gasteiger partial charge in [0.1, 0.15) is 0 Å². The molecule has 3 aromatic rings. The number of hydrogen-bond donors (Lipinski definition) is 0. The first-order chi connectivity index (χ1) is 16.0. The second kappa shape index (κ2) is 7.64. The molecule has 4 heterocycles. The van der Waals surface area contributed by atoms with Gasteiger partial charge >= 0.3 is 0 Å². The zero-order chi connectivity index (χ0) is 24.6. The molecule has 2 amide bonds. The Bertz CT molecular complexity index is 1470. The Morgan fingerprint density at radius 2 is 1.09 bits per heavy atom. The maximum absolute atomic E-state index is 14.6. The smallest absolute Gasteiger partial charge is 0.261 e. The Hall–Kier alpha value is -3.24. The topological polar surface area (TPSA) is 40.6 Å². The van der Waals surface area contributed by atoms with Gasteiger partial charge in [-0.25, -0.2) is 17.6 Å². The zero-order valence-corrected chi connectivity index (χ0v) is 20.0. The number of carbonyl (C=O) groups is 2. The lowest BCUT2D eigenvalue weighted by molar-refractivity contribution is -0.123. The second-order valence-corrected chi connectivity index (χ2v) is 10.4. The van der Waals surface area contributed by atoms with Gasteiger partial charge in [-0.05, 0) is 38.1 Å². The van der Waals surface area contributed by atoms with Gasteiger partial charge in [0.15, 0.2) is 23.3 Å². The van der Waals surface area contributed by atoms with E-state index in [4.69, 9.17) is 0 Å². The quantitative estimate of drug-likeness (QED) is 0.338. The summed E-state index contributed by atoms with van der Waals surface area (Å²) in [6.45, 7) is 2.87. The molecule has 0 unspecified atom stereocenters. The van der Waals surface area contributed by atoms with Crippen molar-refractivity contribution in [3.8, 4) is 10.4 Å². The van der Waals surface area contributed by atoms with Crippen LogP contribution in [0.2, 0.25) is 0 Å². The van der Waals surface area contributed by atoms with Crippen molar-refractivity contribution in [1.29, 1.82) is 0 Å². The Labute approximate surface area is 200 Å². The van der Waals surface area contributed by atoms with Crippen molar-refractivity contribution in [2.75, 3.05) is 14.1 Å². The van der Waals surface area contributed by atoms with Crippen LogP contribution in [0, 0.1) is 37.1 Å². The Balaban J connectivity index is 1.70. The van der Waals surface area contributed by atoms with E-state index in [9.17, 15) is 27.2 Å². The molecule has 1 aromatic carbocycles. The number of carbonyl (C=O) groups excluding carboxylic acids is 2. The van der Waals surface area contributed by atoms with E-state index in [1.165, 1.54) is 40.3 Å². The van der Waals surface area contributed by atoms with Gasteiger partial charge in [-0.2, -0.15) is 0 Å². The minimum absolute atomic E-state index is 0.0675. The third-order valence-corrected chi connectivity index (χ3v) is 8.09. The van der Waals surface area contributed by atoms with Crippen LogP contribution in [-0.4, -0.2) is 35.7 Å². The molecule has 0 aliphatic carbocycles. The number of aryl methyl sites for hydroxylation is 1. The molecule has 0 bridgehead atoms. The maximum atomic E-state index is 14.6. The van der Waals surface area contributed by atoms with Gasteiger partial charge in [0.2, 0.25) is 0 Å². The summed E-state index contributed by atoms with van der Waals surface area (Å²) < 4.78 is 57.4. The molecular formula is C24H16F4N2O2S2. The monoisotopic (exact) mass is 504 g/mol. The molecule has 34 heavy (non-hydrogen) atoms. The van der Waals surface area contributed by atoms with Crippen LogP contribution in [0.5, 0.6) is 0 Å². The fourth-order valence-corrected chi connectivity index (χ4v) is 6.30. The molecule has 2 aliphatic rings. The summed E-state index contributed by atoms with van der Waals surface area (Å²) >= 11 is 2.29. The highest BCUT2D eigenvalue weighted by molar-refractivity contribution is 7.16. The SMILES string of the molecule is Cc1ccc(C2=C3C(=O)N(C)C(c4ccc(-c5c(F)c(F)c(C)c(F)c5F)s4)=C3C(=O)N2C)s1. The molecule has 2 aromatic heterocycles. The lowest BCUT2D eigenvalue weighted by Crippen LogP contribution is -2.24. The van der Waals surface area contributed by atoms with Crippen molar-refractivity contribution in [3.63, 3.8) is 0 Å². The van der Waals surface area contributed by atoms with Crippen molar-refractivity contribution in [2.45, 2.75) is 13.8 Å². The fraction of sp³-hybridized carbons (Fsp3) is 0.167. The van der Waals surface area contributed by atoms with Crippen molar-refractivity contribution in [2.24, 2.45) is 0 Å². The van der Waals surface area contributed by atoms with Crippen LogP contribution >= 0.6 is 22.7 Å². The van der Waals surface area contributed by atoms with Gasteiger partial charge in [0.05, 0.1) is 37.9 Å². The average Bonchev–Trinajstić information content (AvgIpc) is 3.55. The number of rotatable bonds is 3. The first-order valence-electron chi connectivity index (χ1n) is 10.1. The summed E-state index contributed by atoms with van der Waals surface area (Å²) in [4.78, 5) is 31.2. The van der Waals surface area contributed by atoms with Crippen LogP contribution in [0.4, 0.5) is 17.6 Å². The van der Waals surface area contributed by atoms with Crippen molar-refractivity contribution in [1.82, 2.24) is 9.80 Å². The van der Waals surface area contributed by atoms with Gasteiger partial charge in [-0.3, -0.25) is 9.59 Å². The van der Waals surface area contributed by atoms with Crippen molar-refractivity contribution < 1.29 is 27.2 Å². The number of thiophene rings is 2. The van der Waals surface area contributed by atoms with E-state index in [2.05, 4.69) is 0 Å². The molecule has 0 atom stereocenters. The Kier molecular flexibility index (Phi) is 5.07. The van der Waals surface area contributed by atoms with Crippen LogP contribution < -0.4 is 0 Å². The molecule has 0 saturated carbocycles. The predicted molar refractivity (Wildman–Crippen MR) is 123 cm³/mol. The molecule has 4 nitrogen and oxygen atoms in total. The summed E-state index contributed by atoms with van der Waals surface area (Å²) in [5.74, 6) is -6.69. The van der Waals surface area contributed by atoms with Crippen LogP contribution in [0.25, 0.3) is 21.8 Å². The Morgan fingerprint density at radius 3 is 1.56 bits per heavy atom. The number of fused-ring (bicyclic) bond motifs is 1.